The lowest BCUT2D eigenvalue weighted by Gasteiger charge is -2.37. The highest BCUT2D eigenvalue weighted by molar-refractivity contribution is 7.18. The maximum atomic E-state index is 12.7. The first-order valence-corrected chi connectivity index (χ1v) is 13.0. The topological polar surface area (TPSA) is 114 Å². The van der Waals surface area contributed by atoms with Crippen LogP contribution in [0.3, 0.4) is 0 Å². The highest BCUT2D eigenvalue weighted by Crippen LogP contribution is 2.36. The number of thiazole rings is 2. The van der Waals surface area contributed by atoms with Gasteiger partial charge in [0, 0.05) is 44.3 Å². The maximum absolute atomic E-state index is 12.7. The summed E-state index contributed by atoms with van der Waals surface area (Å²) in [5.74, 6) is -1.22. The molecule has 1 aliphatic heterocycles. The monoisotopic (exact) mass is 542 g/mol. The number of nitrogens with zero attached hydrogens (tertiary/aromatic N) is 4. The standard InChI is InChI=1S/C21H24Cl2N6O3S2/c1-9-7-29(6-5-11(9)25-18(30)16-14(23)13(22)10(2)24-16)21-27-15(17(34-21)19(31)32)12-8-33-20(26-12)28(3)4/h8-9,11,24H,5-7H2,1-4H3,(H,25,30)(H,31,32)/t9-,11+/m0/s1. The fraction of sp³-hybridized carbons (Fsp3) is 0.429. The van der Waals surface area contributed by atoms with E-state index in [1.54, 1.807) is 6.92 Å². The summed E-state index contributed by atoms with van der Waals surface area (Å²) in [6.07, 6.45) is 0.677. The van der Waals surface area contributed by atoms with E-state index < -0.39 is 5.97 Å². The maximum Gasteiger partial charge on any atom is 0.348 e. The second-order valence-corrected chi connectivity index (χ2v) is 11.0. The van der Waals surface area contributed by atoms with Crippen molar-refractivity contribution in [2.75, 3.05) is 37.0 Å². The number of anilines is 2. The zero-order chi connectivity index (χ0) is 24.7. The van der Waals surface area contributed by atoms with Crippen LogP contribution in [0.4, 0.5) is 10.3 Å². The largest absolute Gasteiger partial charge is 0.477 e. The Hall–Kier alpha value is -2.34. The molecule has 3 N–H and O–H groups in total. The smallest absolute Gasteiger partial charge is 0.348 e. The van der Waals surface area contributed by atoms with E-state index in [-0.39, 0.29) is 33.5 Å². The van der Waals surface area contributed by atoms with Gasteiger partial charge in [-0.05, 0) is 19.3 Å². The quantitative estimate of drug-likeness (QED) is 0.416. The van der Waals surface area contributed by atoms with Crippen LogP contribution in [0.1, 0.15) is 39.2 Å². The van der Waals surface area contributed by atoms with Crippen LogP contribution < -0.4 is 15.1 Å². The van der Waals surface area contributed by atoms with Crippen molar-refractivity contribution >= 4 is 68.0 Å². The van der Waals surface area contributed by atoms with Gasteiger partial charge in [0.1, 0.15) is 22.0 Å². The number of aromatic amines is 1. The van der Waals surface area contributed by atoms with Crippen LogP contribution in [0.15, 0.2) is 5.38 Å². The molecule has 0 spiro atoms. The molecule has 2 atom stereocenters. The zero-order valence-electron chi connectivity index (χ0n) is 19.0. The molecule has 3 aromatic heterocycles. The number of halogens is 2. The van der Waals surface area contributed by atoms with Gasteiger partial charge in [0.2, 0.25) is 0 Å². The summed E-state index contributed by atoms with van der Waals surface area (Å²) in [5.41, 5.74) is 1.84. The predicted octanol–water partition coefficient (Wildman–Crippen LogP) is 4.62. The average Bonchev–Trinajstić information content (AvgIpc) is 3.50. The van der Waals surface area contributed by atoms with Gasteiger partial charge in [-0.2, -0.15) is 0 Å². The molecule has 4 rings (SSSR count). The molecule has 0 radical (unpaired) electrons. The van der Waals surface area contributed by atoms with Crippen LogP contribution in [-0.4, -0.2) is 65.2 Å². The van der Waals surface area contributed by atoms with Crippen LogP contribution in [-0.2, 0) is 0 Å². The van der Waals surface area contributed by atoms with Crippen LogP contribution in [0.2, 0.25) is 10.0 Å². The molecule has 182 valence electrons. The number of carbonyl (C=O) groups is 2. The van der Waals surface area contributed by atoms with Crippen LogP contribution >= 0.6 is 45.9 Å². The number of piperidine rings is 1. The number of hydrogen-bond acceptors (Lipinski definition) is 8. The molecular formula is C21H24Cl2N6O3S2. The van der Waals surface area contributed by atoms with Gasteiger partial charge in [-0.15, -0.1) is 11.3 Å². The first-order valence-electron chi connectivity index (χ1n) is 10.5. The summed E-state index contributed by atoms with van der Waals surface area (Å²) in [4.78, 5) is 40.9. The Morgan fingerprint density at radius 1 is 1.29 bits per heavy atom. The third-order valence-electron chi connectivity index (χ3n) is 5.70. The minimum Gasteiger partial charge on any atom is -0.477 e. The van der Waals surface area contributed by atoms with Crippen LogP contribution in [0, 0.1) is 12.8 Å². The number of carboxylic acid groups (broad SMARTS) is 1. The number of carboxylic acids is 1. The minimum atomic E-state index is -1.02. The fourth-order valence-electron chi connectivity index (χ4n) is 3.84. The van der Waals surface area contributed by atoms with Crippen molar-refractivity contribution in [3.63, 3.8) is 0 Å². The van der Waals surface area contributed by atoms with Gasteiger partial charge in [-0.1, -0.05) is 41.5 Å². The molecule has 3 aromatic rings. The zero-order valence-corrected chi connectivity index (χ0v) is 22.1. The number of hydrogen-bond donors (Lipinski definition) is 3. The number of H-pyrrole nitrogens is 1. The Balaban J connectivity index is 1.49. The molecule has 34 heavy (non-hydrogen) atoms. The van der Waals surface area contributed by atoms with Crippen molar-refractivity contribution in [3.8, 4) is 11.4 Å². The van der Waals surface area contributed by atoms with Gasteiger partial charge in [-0.25, -0.2) is 14.8 Å². The number of amides is 1. The second kappa shape index (κ2) is 9.73. The van der Waals surface area contributed by atoms with E-state index in [2.05, 4.69) is 25.2 Å². The SMILES string of the molecule is Cc1[nH]c(C(=O)N[C@@H]2CCN(c3nc(-c4csc(N(C)C)n4)c(C(=O)O)s3)C[C@@H]2C)c(Cl)c1Cl. The Morgan fingerprint density at radius 2 is 2.03 bits per heavy atom. The summed E-state index contributed by atoms with van der Waals surface area (Å²) in [5, 5.41) is 16.6. The van der Waals surface area contributed by atoms with Gasteiger partial charge in [0.05, 0.1) is 10.0 Å². The highest BCUT2D eigenvalue weighted by Gasteiger charge is 2.32. The molecule has 1 aliphatic rings. The Bertz CT molecular complexity index is 1240. The molecule has 13 heteroatoms. The summed E-state index contributed by atoms with van der Waals surface area (Å²) in [6, 6.07) is -0.0678. The molecule has 0 bridgehead atoms. The van der Waals surface area contributed by atoms with Gasteiger partial charge < -0.3 is 25.2 Å². The third kappa shape index (κ3) is 4.74. The second-order valence-electron chi connectivity index (χ2n) is 8.43. The number of aryl methyl sites for hydroxylation is 1. The van der Waals surface area contributed by atoms with Crippen molar-refractivity contribution in [2.24, 2.45) is 5.92 Å². The molecule has 9 nitrogen and oxygen atoms in total. The molecule has 1 amide bonds. The summed E-state index contributed by atoms with van der Waals surface area (Å²) < 4.78 is 0. The number of aromatic carboxylic acids is 1. The Morgan fingerprint density at radius 3 is 2.59 bits per heavy atom. The number of nitrogens with one attached hydrogen (secondary N) is 2. The van der Waals surface area contributed by atoms with Gasteiger partial charge in [0.15, 0.2) is 10.3 Å². The lowest BCUT2D eigenvalue weighted by molar-refractivity contribution is 0.0702. The summed E-state index contributed by atoms with van der Waals surface area (Å²) in [6.45, 7) is 5.05. The normalized spacial score (nSPS) is 18.2. The van der Waals surface area contributed by atoms with Crippen LogP contribution in [0.5, 0.6) is 0 Å². The number of aromatic nitrogens is 3. The number of rotatable bonds is 6. The van der Waals surface area contributed by atoms with Crippen LogP contribution in [0.25, 0.3) is 11.4 Å². The predicted molar refractivity (Wildman–Crippen MR) is 137 cm³/mol. The van der Waals surface area contributed by atoms with E-state index in [1.807, 2.05) is 31.3 Å². The third-order valence-corrected chi connectivity index (χ3v) is 8.76. The van der Waals surface area contributed by atoms with E-state index in [9.17, 15) is 14.7 Å². The fourth-order valence-corrected chi connectivity index (χ4v) is 5.95. The van der Waals surface area contributed by atoms with E-state index in [1.165, 1.54) is 11.3 Å². The molecule has 0 aromatic carbocycles. The van der Waals surface area contributed by atoms with Crippen molar-refractivity contribution in [3.05, 3.63) is 31.7 Å². The van der Waals surface area contributed by atoms with E-state index in [4.69, 9.17) is 23.2 Å². The first kappa shape index (κ1) is 24.8. The van der Waals surface area contributed by atoms with Crippen molar-refractivity contribution in [2.45, 2.75) is 26.3 Å². The van der Waals surface area contributed by atoms with Gasteiger partial charge in [0.25, 0.3) is 5.91 Å². The van der Waals surface area contributed by atoms with E-state index in [0.717, 1.165) is 16.5 Å². The molecule has 0 aliphatic carbocycles. The molecule has 4 heterocycles. The Labute approximate surface area is 214 Å². The number of carbonyl (C=O) groups excluding carboxylic acids is 1. The lowest BCUT2D eigenvalue weighted by atomic mass is 9.94. The summed E-state index contributed by atoms with van der Waals surface area (Å²) in [7, 11) is 3.77. The molecule has 1 fully saturated rings. The summed E-state index contributed by atoms with van der Waals surface area (Å²) >= 11 is 14.9. The molecule has 1 saturated heterocycles. The highest BCUT2D eigenvalue weighted by atomic mass is 35.5. The van der Waals surface area contributed by atoms with Gasteiger partial charge >= 0.3 is 5.97 Å². The lowest BCUT2D eigenvalue weighted by Crippen LogP contribution is -2.50. The van der Waals surface area contributed by atoms with E-state index in [0.29, 0.717) is 46.7 Å². The molecule has 0 saturated carbocycles. The van der Waals surface area contributed by atoms with Crippen molar-refractivity contribution < 1.29 is 14.7 Å². The Kier molecular flexibility index (Phi) is 7.09. The minimum absolute atomic E-state index is 0.0678. The average molecular weight is 544 g/mol. The molecule has 0 unspecified atom stereocenters. The molecular weight excluding hydrogens is 519 g/mol. The van der Waals surface area contributed by atoms with Crippen molar-refractivity contribution in [1.29, 1.82) is 0 Å². The van der Waals surface area contributed by atoms with Gasteiger partial charge in [-0.3, -0.25) is 4.79 Å². The van der Waals surface area contributed by atoms with Crippen molar-refractivity contribution in [1.82, 2.24) is 20.3 Å². The van der Waals surface area contributed by atoms with E-state index >= 15 is 0 Å². The first-order chi connectivity index (χ1) is 16.1.